The number of thioether (sulfide) groups is 1. The van der Waals surface area contributed by atoms with Crippen LogP contribution in [0.2, 0.25) is 0 Å². The Bertz CT molecular complexity index is 501. The van der Waals surface area contributed by atoms with Crippen LogP contribution in [0.4, 0.5) is 0 Å². The normalized spacial score (nSPS) is 33.6. The lowest BCUT2D eigenvalue weighted by molar-refractivity contribution is -0.189. The Morgan fingerprint density at radius 2 is 2.05 bits per heavy atom. The van der Waals surface area contributed by atoms with E-state index >= 15 is 0 Å². The van der Waals surface area contributed by atoms with Crippen molar-refractivity contribution in [2.75, 3.05) is 0 Å². The van der Waals surface area contributed by atoms with E-state index in [4.69, 9.17) is 11.5 Å². The van der Waals surface area contributed by atoms with E-state index in [0.717, 1.165) is 6.92 Å². The first-order valence-electron chi connectivity index (χ1n) is 6.14. The molecule has 8 N–H and O–H groups in total. The van der Waals surface area contributed by atoms with Crippen molar-refractivity contribution in [2.24, 2.45) is 11.5 Å². The molecule has 1 amide bonds. The molecular weight excluding hydrogens is 336 g/mol. The Labute approximate surface area is 135 Å². The number of rotatable bonds is 6. The Balaban J connectivity index is 3.36. The van der Waals surface area contributed by atoms with Crippen LogP contribution in [0.25, 0.3) is 0 Å². The second kappa shape index (κ2) is 6.07. The fraction of sp³-hybridized carbons (Fsp3) is 0.727. The molecule has 0 radical (unpaired) electrons. The number of thiol groups is 1. The van der Waals surface area contributed by atoms with E-state index in [1.165, 1.54) is 0 Å². The van der Waals surface area contributed by atoms with Crippen LogP contribution in [0.15, 0.2) is 0 Å². The number of carbonyl (C=O) groups is 3. The summed E-state index contributed by atoms with van der Waals surface area (Å²) in [6, 6.07) is 0. The molecule has 1 aliphatic heterocycles. The van der Waals surface area contributed by atoms with Gasteiger partial charge < -0.3 is 36.7 Å². The molecule has 0 aromatic heterocycles. The van der Waals surface area contributed by atoms with Crippen molar-refractivity contribution >= 4 is 41.7 Å². The predicted octanol–water partition coefficient (Wildman–Crippen LogP) is -3.51. The van der Waals surface area contributed by atoms with Crippen molar-refractivity contribution in [1.29, 1.82) is 0 Å². The fourth-order valence-electron chi connectivity index (χ4n) is 2.18. The lowest BCUT2D eigenvalue weighted by Crippen LogP contribution is -2.68. The van der Waals surface area contributed by atoms with Crippen LogP contribution in [0.5, 0.6) is 0 Å². The number of aliphatic hydroxyl groups is 4. The molecule has 1 rings (SSSR count). The Morgan fingerprint density at radius 3 is 2.36 bits per heavy atom. The van der Waals surface area contributed by atoms with Gasteiger partial charge in [0, 0.05) is 0 Å². The third kappa shape index (κ3) is 2.66. The van der Waals surface area contributed by atoms with E-state index in [9.17, 15) is 34.8 Å². The quantitative estimate of drug-likeness (QED) is 0.110. The monoisotopic (exact) mass is 354 g/mol. The third-order valence-electron chi connectivity index (χ3n) is 3.80. The molecule has 11 heteroatoms. The molecule has 0 saturated carbocycles. The predicted molar refractivity (Wildman–Crippen MR) is 79.8 cm³/mol. The fourth-order valence-corrected chi connectivity index (χ4v) is 4.05. The molecule has 126 valence electrons. The number of hydrogen-bond donors (Lipinski definition) is 7. The van der Waals surface area contributed by atoms with Gasteiger partial charge in [-0.3, -0.25) is 9.59 Å². The number of amides is 1. The van der Waals surface area contributed by atoms with E-state index in [2.05, 4.69) is 12.6 Å². The van der Waals surface area contributed by atoms with Gasteiger partial charge in [-0.15, -0.1) is 12.6 Å². The van der Waals surface area contributed by atoms with Gasteiger partial charge in [0.1, 0.15) is 11.7 Å². The highest BCUT2D eigenvalue weighted by atomic mass is 32.2. The summed E-state index contributed by atoms with van der Waals surface area (Å²) in [4.78, 5) is 31.5. The molecule has 0 aromatic carbocycles. The average molecular weight is 354 g/mol. The SMILES string of the molecule is C[C@@H](O)[C@](O)(S)[C@@](O)(C1CC(N)(C(N)=O)C(=O)S1)[C@@H](O)C=O. The highest BCUT2D eigenvalue weighted by molar-refractivity contribution is 8.15. The molecule has 0 aromatic rings. The summed E-state index contributed by atoms with van der Waals surface area (Å²) < 4.78 is 0. The first kappa shape index (κ1) is 19.4. The van der Waals surface area contributed by atoms with Gasteiger partial charge in [0.2, 0.25) is 11.0 Å². The van der Waals surface area contributed by atoms with Gasteiger partial charge in [0.25, 0.3) is 0 Å². The number of nitrogens with two attached hydrogens (primary N) is 2. The topological polar surface area (TPSA) is 184 Å². The van der Waals surface area contributed by atoms with Gasteiger partial charge in [0.15, 0.2) is 16.8 Å². The molecular formula is C11H18N2O7S2. The highest BCUT2D eigenvalue weighted by Gasteiger charge is 2.65. The van der Waals surface area contributed by atoms with Gasteiger partial charge >= 0.3 is 0 Å². The number of primary amides is 1. The molecule has 6 atom stereocenters. The average Bonchev–Trinajstić information content (AvgIpc) is 2.74. The largest absolute Gasteiger partial charge is 0.389 e. The second-order valence-corrected chi connectivity index (χ2v) is 7.10. The van der Waals surface area contributed by atoms with E-state index in [1.54, 1.807) is 0 Å². The zero-order valence-corrected chi connectivity index (χ0v) is 13.3. The lowest BCUT2D eigenvalue weighted by Gasteiger charge is -2.46. The number of hydrogen-bond acceptors (Lipinski definition) is 10. The van der Waals surface area contributed by atoms with E-state index < -0.39 is 51.0 Å². The molecule has 1 aliphatic rings. The first-order valence-corrected chi connectivity index (χ1v) is 7.46. The van der Waals surface area contributed by atoms with Gasteiger partial charge in [-0.05, 0) is 13.3 Å². The number of aliphatic hydroxyl groups excluding tert-OH is 2. The van der Waals surface area contributed by atoms with Gasteiger partial charge in [-0.2, -0.15) is 0 Å². The van der Waals surface area contributed by atoms with Crippen LogP contribution in [0.3, 0.4) is 0 Å². The molecule has 22 heavy (non-hydrogen) atoms. The maximum Gasteiger partial charge on any atom is 0.246 e. The summed E-state index contributed by atoms with van der Waals surface area (Å²) in [5.74, 6) is -1.16. The first-order chi connectivity index (χ1) is 9.85. The number of aldehydes is 1. The van der Waals surface area contributed by atoms with Gasteiger partial charge in [-0.1, -0.05) is 11.8 Å². The third-order valence-corrected chi connectivity index (χ3v) is 5.92. The second-order valence-electron chi connectivity index (χ2n) is 5.24. The van der Waals surface area contributed by atoms with Crippen molar-refractivity contribution < 1.29 is 34.8 Å². The van der Waals surface area contributed by atoms with E-state index in [-0.39, 0.29) is 6.29 Å². The Hall–Kier alpha value is -0.690. The number of carbonyl (C=O) groups excluding carboxylic acids is 3. The lowest BCUT2D eigenvalue weighted by atomic mass is 9.79. The maximum absolute atomic E-state index is 11.9. The summed E-state index contributed by atoms with van der Waals surface area (Å²) in [5.41, 5.74) is 5.77. The van der Waals surface area contributed by atoms with Crippen molar-refractivity contribution in [3.8, 4) is 0 Å². The van der Waals surface area contributed by atoms with Crippen LogP contribution < -0.4 is 11.5 Å². The molecule has 0 bridgehead atoms. The van der Waals surface area contributed by atoms with Gasteiger partial charge in [0.05, 0.1) is 11.4 Å². The van der Waals surface area contributed by atoms with Crippen LogP contribution in [0, 0.1) is 0 Å². The zero-order chi connectivity index (χ0) is 17.5. The van der Waals surface area contributed by atoms with Crippen molar-refractivity contribution in [3.63, 3.8) is 0 Å². The van der Waals surface area contributed by atoms with Crippen LogP contribution in [0.1, 0.15) is 13.3 Å². The zero-order valence-electron chi connectivity index (χ0n) is 11.5. The maximum atomic E-state index is 11.9. The Morgan fingerprint density at radius 1 is 1.55 bits per heavy atom. The summed E-state index contributed by atoms with van der Waals surface area (Å²) in [7, 11) is 0. The molecule has 0 aliphatic carbocycles. The molecule has 0 spiro atoms. The van der Waals surface area contributed by atoms with E-state index in [1.807, 2.05) is 0 Å². The summed E-state index contributed by atoms with van der Waals surface area (Å²) in [5, 5.41) is 38.0. The molecule has 2 unspecified atom stereocenters. The summed E-state index contributed by atoms with van der Waals surface area (Å²) >= 11 is 4.07. The highest BCUT2D eigenvalue weighted by Crippen LogP contribution is 2.47. The smallest absolute Gasteiger partial charge is 0.246 e. The Kier molecular flexibility index (Phi) is 5.34. The molecule has 1 saturated heterocycles. The molecule has 1 heterocycles. The minimum Gasteiger partial charge on any atom is -0.389 e. The summed E-state index contributed by atoms with van der Waals surface area (Å²) in [6.45, 7) is 1.06. The minimum absolute atomic E-state index is 0.0879. The van der Waals surface area contributed by atoms with E-state index in [0.29, 0.717) is 11.8 Å². The molecule has 9 nitrogen and oxygen atoms in total. The van der Waals surface area contributed by atoms with Gasteiger partial charge in [-0.25, -0.2) is 0 Å². The van der Waals surface area contributed by atoms with Crippen molar-refractivity contribution in [1.82, 2.24) is 0 Å². The molecule has 1 fully saturated rings. The van der Waals surface area contributed by atoms with Crippen LogP contribution in [-0.2, 0) is 14.4 Å². The van der Waals surface area contributed by atoms with Crippen molar-refractivity contribution in [2.45, 2.75) is 46.9 Å². The minimum atomic E-state index is -2.76. The van der Waals surface area contributed by atoms with Crippen molar-refractivity contribution in [3.05, 3.63) is 0 Å². The van der Waals surface area contributed by atoms with Crippen LogP contribution in [-0.4, -0.2) is 71.3 Å². The van der Waals surface area contributed by atoms with Crippen LogP contribution >= 0.6 is 24.4 Å². The standard InChI is InChI=1S/C11H18N2O7S2/c1-4(15)11(20,21)10(19,5(16)3-14)6-2-9(13,7(12)17)8(18)22-6/h3-6,15-16,19-21H,2,13H2,1H3,(H2,12,17)/t4-,5+,6?,9?,10+,11+/m1/s1. The summed E-state index contributed by atoms with van der Waals surface area (Å²) in [6.07, 6.45) is -4.55.